The van der Waals surface area contributed by atoms with Crippen molar-refractivity contribution in [1.29, 1.82) is 0 Å². The van der Waals surface area contributed by atoms with Crippen LogP contribution >= 0.6 is 11.6 Å². The molecule has 1 aliphatic rings. The van der Waals surface area contributed by atoms with Crippen molar-refractivity contribution in [3.05, 3.63) is 34.9 Å². The summed E-state index contributed by atoms with van der Waals surface area (Å²) in [7, 11) is 2.10. The maximum atomic E-state index is 6.64. The van der Waals surface area contributed by atoms with Gasteiger partial charge in [-0.1, -0.05) is 43.6 Å². The number of ether oxygens (including phenoxy) is 1. The zero-order valence-electron chi connectivity index (χ0n) is 13.5. The Labute approximate surface area is 133 Å². The molecule has 0 spiro atoms. The Morgan fingerprint density at radius 2 is 2.05 bits per heavy atom. The normalized spacial score (nSPS) is 27.7. The molecule has 0 aliphatic heterocycles. The molecule has 2 rings (SSSR count). The van der Waals surface area contributed by atoms with Crippen molar-refractivity contribution in [2.75, 3.05) is 20.2 Å². The van der Waals surface area contributed by atoms with Crippen LogP contribution in [-0.4, -0.2) is 36.7 Å². The number of halogens is 1. The molecule has 1 aliphatic carbocycles. The predicted octanol–water partition coefficient (Wildman–Crippen LogP) is 3.30. The Morgan fingerprint density at radius 1 is 1.38 bits per heavy atom. The molecular weight excluding hydrogens is 284 g/mol. The third-order valence-electron chi connectivity index (χ3n) is 4.96. The van der Waals surface area contributed by atoms with Crippen molar-refractivity contribution in [2.24, 2.45) is 11.1 Å². The molecule has 118 valence electrons. The Bertz CT molecular complexity index is 491. The number of hydrogen-bond donors (Lipinski definition) is 1. The largest absolute Gasteiger partial charge is 0.378 e. The minimum absolute atomic E-state index is 0.00223. The Balaban J connectivity index is 1.97. The summed E-state index contributed by atoms with van der Waals surface area (Å²) in [4.78, 5) is 2.26. The first-order valence-corrected chi connectivity index (χ1v) is 8.00. The fraction of sp³-hybridized carbons (Fsp3) is 0.647. The molecule has 0 radical (unpaired) electrons. The maximum Gasteiger partial charge on any atom is 0.0662 e. The SMILES string of the molecule is CCOC1CC(N)(CN(C)Cc2ccccc2Cl)C1(C)C. The summed E-state index contributed by atoms with van der Waals surface area (Å²) < 4.78 is 5.79. The highest BCUT2D eigenvalue weighted by Gasteiger charge is 2.58. The van der Waals surface area contributed by atoms with Crippen molar-refractivity contribution < 1.29 is 4.74 Å². The van der Waals surface area contributed by atoms with Crippen molar-refractivity contribution in [3.8, 4) is 0 Å². The van der Waals surface area contributed by atoms with E-state index in [1.165, 1.54) is 0 Å². The second-order valence-electron chi connectivity index (χ2n) is 6.79. The molecule has 0 bridgehead atoms. The summed E-state index contributed by atoms with van der Waals surface area (Å²) in [5.74, 6) is 0. The smallest absolute Gasteiger partial charge is 0.0662 e. The summed E-state index contributed by atoms with van der Waals surface area (Å²) in [6.07, 6.45) is 1.18. The third kappa shape index (κ3) is 3.26. The van der Waals surface area contributed by atoms with Gasteiger partial charge in [0.15, 0.2) is 0 Å². The Morgan fingerprint density at radius 3 is 2.62 bits per heavy atom. The van der Waals surface area contributed by atoms with Crippen LogP contribution < -0.4 is 5.73 Å². The highest BCUT2D eigenvalue weighted by molar-refractivity contribution is 6.31. The highest BCUT2D eigenvalue weighted by Crippen LogP contribution is 2.50. The quantitative estimate of drug-likeness (QED) is 0.876. The van der Waals surface area contributed by atoms with Gasteiger partial charge in [-0.05, 0) is 32.0 Å². The molecule has 3 nitrogen and oxygen atoms in total. The zero-order valence-corrected chi connectivity index (χ0v) is 14.3. The lowest BCUT2D eigenvalue weighted by Gasteiger charge is -2.60. The van der Waals surface area contributed by atoms with E-state index in [0.29, 0.717) is 0 Å². The average molecular weight is 311 g/mol. The van der Waals surface area contributed by atoms with Crippen LogP contribution in [0.25, 0.3) is 0 Å². The van der Waals surface area contributed by atoms with Crippen LogP contribution in [0.4, 0.5) is 0 Å². The first kappa shape index (κ1) is 16.8. The summed E-state index contributed by atoms with van der Waals surface area (Å²) in [6, 6.07) is 7.97. The van der Waals surface area contributed by atoms with E-state index in [2.05, 4.69) is 31.9 Å². The first-order chi connectivity index (χ1) is 9.80. The van der Waals surface area contributed by atoms with Crippen molar-refractivity contribution >= 4 is 11.6 Å². The minimum atomic E-state index is -0.206. The van der Waals surface area contributed by atoms with Crippen molar-refractivity contribution in [2.45, 2.75) is 45.4 Å². The van der Waals surface area contributed by atoms with E-state index in [9.17, 15) is 0 Å². The number of nitrogens with two attached hydrogens (primary N) is 1. The molecule has 4 heteroatoms. The van der Waals surface area contributed by atoms with Gasteiger partial charge in [-0.15, -0.1) is 0 Å². The molecule has 1 saturated carbocycles. The number of hydrogen-bond acceptors (Lipinski definition) is 3. The lowest BCUT2D eigenvalue weighted by Crippen LogP contribution is -2.73. The summed E-state index contributed by atoms with van der Waals surface area (Å²) in [6.45, 7) is 8.86. The molecule has 2 atom stereocenters. The van der Waals surface area contributed by atoms with Crippen molar-refractivity contribution in [3.63, 3.8) is 0 Å². The van der Waals surface area contributed by atoms with Gasteiger partial charge in [0, 0.05) is 35.7 Å². The van der Waals surface area contributed by atoms with E-state index in [4.69, 9.17) is 22.1 Å². The van der Waals surface area contributed by atoms with Gasteiger partial charge in [-0.2, -0.15) is 0 Å². The van der Waals surface area contributed by atoms with Gasteiger partial charge in [0.1, 0.15) is 0 Å². The summed E-state index contributed by atoms with van der Waals surface area (Å²) in [5, 5.41) is 0.815. The van der Waals surface area contributed by atoms with Gasteiger partial charge in [0.05, 0.1) is 6.10 Å². The van der Waals surface area contributed by atoms with Gasteiger partial charge in [-0.3, -0.25) is 0 Å². The topological polar surface area (TPSA) is 38.5 Å². The molecule has 0 heterocycles. The van der Waals surface area contributed by atoms with Crippen LogP contribution in [0.1, 0.15) is 32.8 Å². The number of rotatable bonds is 6. The second kappa shape index (κ2) is 6.25. The second-order valence-corrected chi connectivity index (χ2v) is 7.20. The highest BCUT2D eigenvalue weighted by atomic mass is 35.5. The lowest BCUT2D eigenvalue weighted by atomic mass is 9.54. The van der Waals surface area contributed by atoms with Gasteiger partial charge in [-0.25, -0.2) is 0 Å². The lowest BCUT2D eigenvalue weighted by molar-refractivity contribution is -0.155. The van der Waals surface area contributed by atoms with E-state index >= 15 is 0 Å². The summed E-state index contributed by atoms with van der Waals surface area (Å²) >= 11 is 6.23. The zero-order chi connectivity index (χ0) is 15.7. The van der Waals surface area contributed by atoms with Crippen LogP contribution in [0.2, 0.25) is 5.02 Å². The fourth-order valence-corrected chi connectivity index (χ4v) is 3.43. The van der Waals surface area contributed by atoms with Gasteiger partial charge in [0.2, 0.25) is 0 Å². The number of nitrogens with zero attached hydrogens (tertiary/aromatic N) is 1. The molecular formula is C17H27ClN2O. The van der Waals surface area contributed by atoms with Crippen LogP contribution in [0.5, 0.6) is 0 Å². The summed E-state index contributed by atoms with van der Waals surface area (Å²) in [5.41, 5.74) is 7.57. The average Bonchev–Trinajstić information content (AvgIpc) is 2.41. The molecule has 1 aromatic rings. The van der Waals surface area contributed by atoms with Gasteiger partial charge < -0.3 is 15.4 Å². The van der Waals surface area contributed by atoms with E-state index in [1.807, 2.05) is 25.1 Å². The van der Waals surface area contributed by atoms with E-state index in [0.717, 1.165) is 36.7 Å². The van der Waals surface area contributed by atoms with Crippen LogP contribution in [0.15, 0.2) is 24.3 Å². The van der Waals surface area contributed by atoms with Gasteiger partial charge >= 0.3 is 0 Å². The number of benzene rings is 1. The molecule has 0 amide bonds. The third-order valence-corrected chi connectivity index (χ3v) is 5.32. The first-order valence-electron chi connectivity index (χ1n) is 7.62. The molecule has 1 aromatic carbocycles. The van der Waals surface area contributed by atoms with E-state index in [1.54, 1.807) is 0 Å². The molecule has 0 aromatic heterocycles. The number of likely N-dealkylation sites (N-methyl/N-ethyl adjacent to an activating group) is 1. The monoisotopic (exact) mass is 310 g/mol. The van der Waals surface area contributed by atoms with E-state index in [-0.39, 0.29) is 17.1 Å². The van der Waals surface area contributed by atoms with Gasteiger partial charge in [0.25, 0.3) is 0 Å². The Hall–Kier alpha value is -0.610. The molecule has 0 saturated heterocycles. The fourth-order valence-electron chi connectivity index (χ4n) is 3.23. The molecule has 2 unspecified atom stereocenters. The molecule has 2 N–H and O–H groups in total. The Kier molecular flexibility index (Phi) is 4.99. The van der Waals surface area contributed by atoms with Crippen molar-refractivity contribution in [1.82, 2.24) is 4.90 Å². The standard InChI is InChI=1S/C17H27ClN2O/c1-5-21-15-10-17(19,16(15,2)3)12-20(4)11-13-8-6-7-9-14(13)18/h6-9,15H,5,10-12,19H2,1-4H3. The maximum absolute atomic E-state index is 6.64. The van der Waals surface area contributed by atoms with Crippen LogP contribution in [-0.2, 0) is 11.3 Å². The van der Waals surface area contributed by atoms with Crippen LogP contribution in [0, 0.1) is 5.41 Å². The predicted molar refractivity (Wildman–Crippen MR) is 88.5 cm³/mol. The minimum Gasteiger partial charge on any atom is -0.378 e. The van der Waals surface area contributed by atoms with Crippen LogP contribution in [0.3, 0.4) is 0 Å². The molecule has 21 heavy (non-hydrogen) atoms. The van der Waals surface area contributed by atoms with E-state index < -0.39 is 0 Å². The molecule has 1 fully saturated rings.